The molecule has 1 fully saturated rings. The molecule has 1 unspecified atom stereocenters. The van der Waals surface area contributed by atoms with E-state index in [9.17, 15) is 5.11 Å². The van der Waals surface area contributed by atoms with Crippen molar-refractivity contribution in [2.24, 2.45) is 0 Å². The molecule has 1 saturated heterocycles. The first-order valence-corrected chi connectivity index (χ1v) is 5.73. The van der Waals surface area contributed by atoms with Gasteiger partial charge in [-0.25, -0.2) is 0 Å². The van der Waals surface area contributed by atoms with Gasteiger partial charge in [-0.05, 0) is 31.0 Å². The monoisotopic (exact) mass is 255 g/mol. The zero-order valence-corrected chi connectivity index (χ0v) is 9.57. The second-order valence-electron chi connectivity index (χ2n) is 3.72. The molecular weight excluding hydrogens is 242 g/mol. The molecule has 0 aliphatic carbocycles. The lowest BCUT2D eigenvalue weighted by molar-refractivity contribution is 0.154. The van der Waals surface area contributed by atoms with Crippen molar-refractivity contribution >= 4 is 21.6 Å². The van der Waals surface area contributed by atoms with Crippen LogP contribution in [-0.2, 0) is 0 Å². The summed E-state index contributed by atoms with van der Waals surface area (Å²) in [5.74, 6) is 0. The van der Waals surface area contributed by atoms with Gasteiger partial charge in [0.25, 0.3) is 0 Å². The molecule has 1 heterocycles. The van der Waals surface area contributed by atoms with E-state index in [1.807, 2.05) is 12.1 Å². The molecule has 3 heteroatoms. The van der Waals surface area contributed by atoms with Crippen molar-refractivity contribution in [1.29, 1.82) is 0 Å². The van der Waals surface area contributed by atoms with E-state index < -0.39 is 0 Å². The predicted octanol–water partition coefficient (Wildman–Crippen LogP) is 2.41. The molecular formula is C11H14BrNO. The number of rotatable bonds is 1. The summed E-state index contributed by atoms with van der Waals surface area (Å²) in [5.41, 5.74) is 1.19. The Labute approximate surface area is 92.7 Å². The second kappa shape index (κ2) is 4.32. The molecule has 1 aromatic rings. The minimum atomic E-state index is -0.164. The molecule has 1 aliphatic rings. The summed E-state index contributed by atoms with van der Waals surface area (Å²) in [7, 11) is 0. The van der Waals surface area contributed by atoms with Crippen LogP contribution in [0.4, 0.5) is 5.69 Å². The first-order valence-electron chi connectivity index (χ1n) is 4.94. The summed E-state index contributed by atoms with van der Waals surface area (Å²) >= 11 is 3.45. The molecule has 0 aromatic heterocycles. The topological polar surface area (TPSA) is 23.5 Å². The Hall–Kier alpha value is -0.540. The van der Waals surface area contributed by atoms with Gasteiger partial charge in [-0.2, -0.15) is 0 Å². The summed E-state index contributed by atoms with van der Waals surface area (Å²) in [6, 6.07) is 8.23. The molecule has 0 bridgehead atoms. The fraction of sp³-hybridized carbons (Fsp3) is 0.455. The Morgan fingerprint density at radius 2 is 2.29 bits per heavy atom. The largest absolute Gasteiger partial charge is 0.391 e. The highest BCUT2D eigenvalue weighted by Crippen LogP contribution is 2.23. The third-order valence-corrected chi connectivity index (χ3v) is 3.06. The Morgan fingerprint density at radius 3 is 3.00 bits per heavy atom. The maximum atomic E-state index is 9.56. The molecule has 1 aromatic carbocycles. The van der Waals surface area contributed by atoms with Crippen molar-refractivity contribution in [1.82, 2.24) is 0 Å². The fourth-order valence-electron chi connectivity index (χ4n) is 1.86. The molecule has 1 atom stereocenters. The molecule has 0 radical (unpaired) electrons. The van der Waals surface area contributed by atoms with Gasteiger partial charge in [-0.1, -0.05) is 22.0 Å². The van der Waals surface area contributed by atoms with E-state index in [1.54, 1.807) is 0 Å². The average Bonchev–Trinajstić information content (AvgIpc) is 2.18. The molecule has 0 saturated carbocycles. The maximum absolute atomic E-state index is 9.56. The van der Waals surface area contributed by atoms with E-state index >= 15 is 0 Å². The van der Waals surface area contributed by atoms with E-state index in [1.165, 1.54) is 5.69 Å². The number of piperidine rings is 1. The number of aliphatic hydroxyl groups excluding tert-OH is 1. The van der Waals surface area contributed by atoms with Crippen molar-refractivity contribution in [2.45, 2.75) is 18.9 Å². The Kier molecular flexibility index (Phi) is 3.08. The smallest absolute Gasteiger partial charge is 0.0715 e. The first-order chi connectivity index (χ1) is 6.75. The summed E-state index contributed by atoms with van der Waals surface area (Å²) < 4.78 is 1.09. The van der Waals surface area contributed by atoms with Crippen LogP contribution in [0.1, 0.15) is 12.8 Å². The van der Waals surface area contributed by atoms with E-state index in [4.69, 9.17) is 0 Å². The molecule has 14 heavy (non-hydrogen) atoms. The summed E-state index contributed by atoms with van der Waals surface area (Å²) in [4.78, 5) is 2.24. The van der Waals surface area contributed by atoms with Crippen LogP contribution in [0, 0.1) is 0 Å². The van der Waals surface area contributed by atoms with Crippen LogP contribution in [-0.4, -0.2) is 24.3 Å². The molecule has 2 nitrogen and oxygen atoms in total. The quantitative estimate of drug-likeness (QED) is 0.834. The van der Waals surface area contributed by atoms with Gasteiger partial charge in [0, 0.05) is 23.2 Å². The molecule has 2 rings (SSSR count). The summed E-state index contributed by atoms with van der Waals surface area (Å²) in [5, 5.41) is 9.56. The third kappa shape index (κ3) is 2.28. The van der Waals surface area contributed by atoms with Crippen LogP contribution in [0.2, 0.25) is 0 Å². The second-order valence-corrected chi connectivity index (χ2v) is 4.64. The van der Waals surface area contributed by atoms with Gasteiger partial charge < -0.3 is 10.0 Å². The van der Waals surface area contributed by atoms with Gasteiger partial charge in [-0.15, -0.1) is 0 Å². The zero-order chi connectivity index (χ0) is 9.97. The standard InChI is InChI=1S/C11H14BrNO/c12-9-3-1-4-10(7-9)13-6-2-5-11(14)8-13/h1,3-4,7,11,14H,2,5-6,8H2. The maximum Gasteiger partial charge on any atom is 0.0715 e. The Morgan fingerprint density at radius 1 is 1.43 bits per heavy atom. The highest BCUT2D eigenvalue weighted by Gasteiger charge is 2.17. The number of hydrogen-bond acceptors (Lipinski definition) is 2. The van der Waals surface area contributed by atoms with Crippen LogP contribution >= 0.6 is 15.9 Å². The van der Waals surface area contributed by atoms with Crippen LogP contribution < -0.4 is 4.90 Å². The van der Waals surface area contributed by atoms with Crippen molar-refractivity contribution in [3.05, 3.63) is 28.7 Å². The molecule has 0 amide bonds. The number of β-amino-alcohol motifs (C(OH)–C–C–N with tert-alkyl or cyclic N) is 1. The van der Waals surface area contributed by atoms with Crippen molar-refractivity contribution < 1.29 is 5.11 Å². The Bertz CT molecular complexity index is 316. The van der Waals surface area contributed by atoms with Gasteiger partial charge in [0.05, 0.1) is 6.10 Å². The van der Waals surface area contributed by atoms with E-state index in [-0.39, 0.29) is 6.10 Å². The molecule has 0 spiro atoms. The Balaban J connectivity index is 2.14. The minimum absolute atomic E-state index is 0.164. The lowest BCUT2D eigenvalue weighted by atomic mass is 10.1. The average molecular weight is 256 g/mol. The lowest BCUT2D eigenvalue weighted by Crippen LogP contribution is -2.38. The molecule has 76 valence electrons. The molecule has 1 N–H and O–H groups in total. The number of nitrogens with zero attached hydrogens (tertiary/aromatic N) is 1. The van der Waals surface area contributed by atoms with Crippen LogP contribution in [0.3, 0.4) is 0 Å². The zero-order valence-electron chi connectivity index (χ0n) is 7.99. The summed E-state index contributed by atoms with van der Waals surface area (Å²) in [6.45, 7) is 1.81. The SMILES string of the molecule is OC1CCCN(c2cccc(Br)c2)C1. The predicted molar refractivity (Wildman–Crippen MR) is 61.6 cm³/mol. The first kappa shape index (κ1) is 9.99. The minimum Gasteiger partial charge on any atom is -0.391 e. The lowest BCUT2D eigenvalue weighted by Gasteiger charge is -2.32. The van der Waals surface area contributed by atoms with Gasteiger partial charge in [0.2, 0.25) is 0 Å². The molecule has 1 aliphatic heterocycles. The van der Waals surface area contributed by atoms with E-state index in [2.05, 4.69) is 33.0 Å². The normalized spacial score (nSPS) is 22.4. The van der Waals surface area contributed by atoms with Crippen molar-refractivity contribution in [2.75, 3.05) is 18.0 Å². The van der Waals surface area contributed by atoms with Crippen molar-refractivity contribution in [3.8, 4) is 0 Å². The van der Waals surface area contributed by atoms with Gasteiger partial charge in [0.1, 0.15) is 0 Å². The highest BCUT2D eigenvalue weighted by atomic mass is 79.9. The number of halogens is 1. The number of aliphatic hydroxyl groups is 1. The fourth-order valence-corrected chi connectivity index (χ4v) is 2.25. The van der Waals surface area contributed by atoms with Crippen LogP contribution in [0.25, 0.3) is 0 Å². The highest BCUT2D eigenvalue weighted by molar-refractivity contribution is 9.10. The van der Waals surface area contributed by atoms with Gasteiger partial charge in [-0.3, -0.25) is 0 Å². The number of anilines is 1. The van der Waals surface area contributed by atoms with Crippen molar-refractivity contribution in [3.63, 3.8) is 0 Å². The van der Waals surface area contributed by atoms with E-state index in [0.717, 1.165) is 30.4 Å². The van der Waals surface area contributed by atoms with Crippen LogP contribution in [0.15, 0.2) is 28.7 Å². The summed E-state index contributed by atoms with van der Waals surface area (Å²) in [6.07, 6.45) is 1.85. The van der Waals surface area contributed by atoms with Gasteiger partial charge >= 0.3 is 0 Å². The van der Waals surface area contributed by atoms with Gasteiger partial charge in [0.15, 0.2) is 0 Å². The third-order valence-electron chi connectivity index (χ3n) is 2.57. The number of hydrogen-bond donors (Lipinski definition) is 1. The van der Waals surface area contributed by atoms with Crippen LogP contribution in [0.5, 0.6) is 0 Å². The van der Waals surface area contributed by atoms with E-state index in [0.29, 0.717) is 0 Å². The number of benzene rings is 1.